The lowest BCUT2D eigenvalue weighted by atomic mass is 10.2. The first kappa shape index (κ1) is 15.4. The Balaban J connectivity index is 2.83. The Kier molecular flexibility index (Phi) is 6.63. The minimum absolute atomic E-state index is 0.0649. The lowest BCUT2D eigenvalue weighted by molar-refractivity contribution is -0.133. The van der Waals surface area contributed by atoms with Crippen molar-refractivity contribution in [3.8, 4) is 0 Å². The van der Waals surface area contributed by atoms with Gasteiger partial charge in [0.15, 0.2) is 5.16 Å². The van der Waals surface area contributed by atoms with Crippen LogP contribution in [0, 0.1) is 0 Å². The fourth-order valence-electron chi connectivity index (χ4n) is 1.76. The summed E-state index contributed by atoms with van der Waals surface area (Å²) in [6.45, 7) is 4.27. The van der Waals surface area contributed by atoms with Crippen LogP contribution in [0.5, 0.6) is 0 Å². The summed E-state index contributed by atoms with van der Waals surface area (Å²) >= 11 is 3.13. The smallest absolute Gasteiger partial charge is 0.313 e. The number of nitrogens with zero attached hydrogens (tertiary/aromatic N) is 2. The fraction of sp³-hybridized carbons (Fsp3) is 0.667. The lowest BCUT2D eigenvalue weighted by Gasteiger charge is -2.18. The van der Waals surface area contributed by atoms with Crippen molar-refractivity contribution >= 4 is 29.5 Å². The average molecular weight is 288 g/mol. The molecule has 0 fully saturated rings. The number of thioether (sulfide) groups is 2. The van der Waals surface area contributed by atoms with Crippen LogP contribution in [0.15, 0.2) is 11.4 Å². The van der Waals surface area contributed by atoms with Gasteiger partial charge in [0.05, 0.1) is 5.75 Å². The van der Waals surface area contributed by atoms with Crippen molar-refractivity contribution in [1.82, 2.24) is 9.55 Å². The second kappa shape index (κ2) is 7.74. The molecule has 6 heteroatoms. The van der Waals surface area contributed by atoms with Gasteiger partial charge in [-0.2, -0.15) is 11.8 Å². The minimum Gasteiger partial charge on any atom is -0.481 e. The molecule has 1 atom stereocenters. The minimum atomic E-state index is -0.802. The molecule has 18 heavy (non-hydrogen) atoms. The first-order valence-corrected chi connectivity index (χ1v) is 8.37. The summed E-state index contributed by atoms with van der Waals surface area (Å²) in [5.74, 6) is 0.366. The molecular formula is C12H20N2O2S2. The number of carboxylic acid groups (broad SMARTS) is 1. The normalized spacial score (nSPS) is 12.6. The molecule has 1 aromatic heterocycles. The molecular weight excluding hydrogens is 268 g/mol. The van der Waals surface area contributed by atoms with Crippen LogP contribution in [-0.4, -0.2) is 38.4 Å². The van der Waals surface area contributed by atoms with Gasteiger partial charge >= 0.3 is 5.97 Å². The highest BCUT2D eigenvalue weighted by Crippen LogP contribution is 2.25. The van der Waals surface area contributed by atoms with E-state index < -0.39 is 5.97 Å². The van der Waals surface area contributed by atoms with Crippen LogP contribution in [0.2, 0.25) is 0 Å². The zero-order valence-electron chi connectivity index (χ0n) is 11.0. The van der Waals surface area contributed by atoms with Crippen molar-refractivity contribution in [1.29, 1.82) is 0 Å². The molecule has 0 aliphatic rings. The largest absolute Gasteiger partial charge is 0.481 e. The number of hydrogen-bond donors (Lipinski definition) is 1. The molecule has 1 aromatic rings. The van der Waals surface area contributed by atoms with E-state index in [1.165, 1.54) is 17.5 Å². The third kappa shape index (κ3) is 4.24. The van der Waals surface area contributed by atoms with E-state index in [4.69, 9.17) is 5.11 Å². The van der Waals surface area contributed by atoms with Crippen molar-refractivity contribution in [2.75, 3.05) is 17.8 Å². The van der Waals surface area contributed by atoms with Crippen LogP contribution < -0.4 is 0 Å². The maximum absolute atomic E-state index is 10.6. The second-order valence-electron chi connectivity index (χ2n) is 4.07. The second-order valence-corrected chi connectivity index (χ2v) is 6.00. The van der Waals surface area contributed by atoms with E-state index in [1.54, 1.807) is 0 Å². The Morgan fingerprint density at radius 2 is 2.33 bits per heavy atom. The van der Waals surface area contributed by atoms with Gasteiger partial charge in [-0.05, 0) is 31.8 Å². The number of carboxylic acids is 1. The molecule has 1 unspecified atom stereocenters. The highest BCUT2D eigenvalue weighted by Gasteiger charge is 2.15. The summed E-state index contributed by atoms with van der Waals surface area (Å²) in [5, 5.41) is 9.57. The predicted molar refractivity (Wildman–Crippen MR) is 77.7 cm³/mol. The number of rotatable bonds is 8. The molecule has 0 aromatic carbocycles. The zero-order chi connectivity index (χ0) is 13.5. The molecule has 0 saturated carbocycles. The molecule has 0 amide bonds. The Morgan fingerprint density at radius 1 is 1.61 bits per heavy atom. The van der Waals surface area contributed by atoms with Crippen LogP contribution in [-0.2, 0) is 11.2 Å². The van der Waals surface area contributed by atoms with Crippen molar-refractivity contribution in [2.45, 2.75) is 37.9 Å². The van der Waals surface area contributed by atoms with E-state index in [0.717, 1.165) is 23.8 Å². The van der Waals surface area contributed by atoms with Gasteiger partial charge in [-0.1, -0.05) is 18.7 Å². The van der Waals surface area contributed by atoms with Crippen molar-refractivity contribution in [3.63, 3.8) is 0 Å². The van der Waals surface area contributed by atoms with Crippen LogP contribution in [0.4, 0.5) is 0 Å². The third-order valence-corrected chi connectivity index (χ3v) is 4.30. The molecule has 1 rings (SSSR count). The fourth-order valence-corrected chi connectivity index (χ4v) is 3.15. The maximum atomic E-state index is 10.6. The van der Waals surface area contributed by atoms with E-state index in [9.17, 15) is 4.79 Å². The van der Waals surface area contributed by atoms with Gasteiger partial charge in [0.2, 0.25) is 0 Å². The lowest BCUT2D eigenvalue weighted by Crippen LogP contribution is -2.11. The van der Waals surface area contributed by atoms with Crippen LogP contribution in [0.25, 0.3) is 0 Å². The van der Waals surface area contributed by atoms with Crippen LogP contribution >= 0.6 is 23.5 Å². The summed E-state index contributed by atoms with van der Waals surface area (Å²) in [6.07, 6.45) is 5.95. The number of hydrogen-bond acceptors (Lipinski definition) is 4. The Hall–Kier alpha value is -0.620. The highest BCUT2D eigenvalue weighted by molar-refractivity contribution is 7.99. The molecule has 0 radical (unpaired) electrons. The summed E-state index contributed by atoms with van der Waals surface area (Å²) in [5.41, 5.74) is 1.18. The Bertz CT molecular complexity index is 393. The van der Waals surface area contributed by atoms with Gasteiger partial charge in [0, 0.05) is 17.9 Å². The molecule has 4 nitrogen and oxygen atoms in total. The van der Waals surface area contributed by atoms with Gasteiger partial charge in [0.25, 0.3) is 0 Å². The first-order chi connectivity index (χ1) is 8.60. The van der Waals surface area contributed by atoms with Gasteiger partial charge in [-0.15, -0.1) is 0 Å². The van der Waals surface area contributed by atoms with Crippen molar-refractivity contribution < 1.29 is 9.90 Å². The zero-order valence-corrected chi connectivity index (χ0v) is 12.7. The van der Waals surface area contributed by atoms with Gasteiger partial charge in [0.1, 0.15) is 0 Å². The van der Waals surface area contributed by atoms with E-state index in [-0.39, 0.29) is 5.75 Å². The quantitative estimate of drug-likeness (QED) is 0.745. The predicted octanol–water partition coefficient (Wildman–Crippen LogP) is 2.94. The molecule has 0 saturated heterocycles. The van der Waals surface area contributed by atoms with E-state index in [2.05, 4.69) is 29.7 Å². The van der Waals surface area contributed by atoms with Crippen molar-refractivity contribution in [3.05, 3.63) is 11.9 Å². The topological polar surface area (TPSA) is 55.1 Å². The molecule has 0 spiro atoms. The maximum Gasteiger partial charge on any atom is 0.313 e. The molecule has 102 valence electrons. The van der Waals surface area contributed by atoms with Crippen LogP contribution in [0.1, 0.15) is 32.0 Å². The number of aromatic nitrogens is 2. The first-order valence-electron chi connectivity index (χ1n) is 5.99. The third-order valence-electron chi connectivity index (χ3n) is 2.71. The summed E-state index contributed by atoms with van der Waals surface area (Å²) < 4.78 is 2.18. The molecule has 0 bridgehead atoms. The molecule has 1 N–H and O–H groups in total. The van der Waals surface area contributed by atoms with Gasteiger partial charge in [-0.3, -0.25) is 4.79 Å². The number of carbonyl (C=O) groups is 1. The Labute approximate surface area is 117 Å². The average Bonchev–Trinajstić information content (AvgIpc) is 2.76. The summed E-state index contributed by atoms with van der Waals surface area (Å²) in [4.78, 5) is 15.0. The number of aliphatic carboxylic acids is 1. The molecule has 1 heterocycles. The van der Waals surface area contributed by atoms with Gasteiger partial charge in [-0.25, -0.2) is 4.98 Å². The summed E-state index contributed by atoms with van der Waals surface area (Å²) in [7, 11) is 0. The molecule has 0 aliphatic heterocycles. The summed E-state index contributed by atoms with van der Waals surface area (Å²) in [6, 6.07) is 0.367. The van der Waals surface area contributed by atoms with E-state index >= 15 is 0 Å². The highest BCUT2D eigenvalue weighted by atomic mass is 32.2. The number of aryl methyl sites for hydroxylation is 1. The van der Waals surface area contributed by atoms with Crippen LogP contribution in [0.3, 0.4) is 0 Å². The van der Waals surface area contributed by atoms with Gasteiger partial charge < -0.3 is 9.67 Å². The van der Waals surface area contributed by atoms with Crippen molar-refractivity contribution in [2.24, 2.45) is 0 Å². The standard InChI is InChI=1S/C12H20N2O2S2/c1-4-10-7-13-12(18-8-11(15)16)14(10)9(2)5-6-17-3/h7,9H,4-6,8H2,1-3H3,(H,15,16). The van der Waals surface area contributed by atoms with E-state index in [1.807, 2.05) is 18.0 Å². The molecule has 0 aliphatic carbocycles. The Morgan fingerprint density at radius 3 is 2.89 bits per heavy atom. The number of imidazole rings is 1. The SMILES string of the molecule is CCc1cnc(SCC(=O)O)n1C(C)CCSC. The monoisotopic (exact) mass is 288 g/mol. The van der Waals surface area contributed by atoms with E-state index in [0.29, 0.717) is 6.04 Å².